The second-order valence-corrected chi connectivity index (χ2v) is 5.98. The molecule has 104 valence electrons. The number of rotatable bonds is 5. The van der Waals surface area contributed by atoms with Gasteiger partial charge in [-0.2, -0.15) is 0 Å². The van der Waals surface area contributed by atoms with Gasteiger partial charge in [0.05, 0.1) is 0 Å². The molecule has 3 heteroatoms. The summed E-state index contributed by atoms with van der Waals surface area (Å²) in [5.41, 5.74) is 0.772. The molecular weight excluding hydrogens is 244 g/mol. The van der Waals surface area contributed by atoms with E-state index in [1.807, 2.05) is 0 Å². The molecule has 0 amide bonds. The van der Waals surface area contributed by atoms with E-state index in [1.165, 1.54) is 31.4 Å². The number of hydrogen-bond donors (Lipinski definition) is 1. The monoisotopic (exact) mass is 265 g/mol. The van der Waals surface area contributed by atoms with E-state index in [4.69, 9.17) is 0 Å². The third-order valence-electron chi connectivity index (χ3n) is 4.78. The van der Waals surface area contributed by atoms with Crippen LogP contribution in [0.1, 0.15) is 31.7 Å². The lowest BCUT2D eigenvalue weighted by Gasteiger charge is -2.20. The van der Waals surface area contributed by atoms with Crippen molar-refractivity contribution in [3.05, 3.63) is 35.4 Å². The maximum atomic E-state index is 13.3. The van der Waals surface area contributed by atoms with Crippen molar-refractivity contribution in [1.82, 2.24) is 5.32 Å². The minimum atomic E-state index is -0.471. The van der Waals surface area contributed by atoms with Crippen molar-refractivity contribution in [2.24, 2.45) is 17.8 Å². The molecule has 0 aliphatic heterocycles. The van der Waals surface area contributed by atoms with Crippen molar-refractivity contribution in [3.63, 3.8) is 0 Å². The van der Waals surface area contributed by atoms with Gasteiger partial charge in [-0.3, -0.25) is 0 Å². The third-order valence-corrected chi connectivity index (χ3v) is 4.78. The molecule has 0 radical (unpaired) electrons. The second kappa shape index (κ2) is 5.20. The Morgan fingerprint density at radius 1 is 1.16 bits per heavy atom. The lowest BCUT2D eigenvalue weighted by Crippen LogP contribution is -2.34. The quantitative estimate of drug-likeness (QED) is 0.858. The van der Waals surface area contributed by atoms with Gasteiger partial charge in [0, 0.05) is 12.1 Å². The van der Waals surface area contributed by atoms with Gasteiger partial charge in [-0.15, -0.1) is 0 Å². The van der Waals surface area contributed by atoms with E-state index in [-0.39, 0.29) is 0 Å². The molecule has 2 fully saturated rings. The highest BCUT2D eigenvalue weighted by Gasteiger charge is 2.55. The van der Waals surface area contributed by atoms with Crippen LogP contribution in [0.5, 0.6) is 0 Å². The predicted molar refractivity (Wildman–Crippen MR) is 71.8 cm³/mol. The Hall–Kier alpha value is -0.960. The average molecular weight is 265 g/mol. The lowest BCUT2D eigenvalue weighted by atomic mass is 9.97. The highest BCUT2D eigenvalue weighted by molar-refractivity contribution is 5.20. The van der Waals surface area contributed by atoms with Crippen LogP contribution in [0.4, 0.5) is 8.78 Å². The Balaban J connectivity index is 1.71. The van der Waals surface area contributed by atoms with E-state index in [2.05, 4.69) is 12.2 Å². The van der Waals surface area contributed by atoms with Gasteiger partial charge in [-0.1, -0.05) is 13.3 Å². The van der Waals surface area contributed by atoms with E-state index in [0.717, 1.165) is 42.3 Å². The van der Waals surface area contributed by atoms with Crippen molar-refractivity contribution >= 4 is 0 Å². The molecule has 1 aromatic rings. The highest BCUT2D eigenvalue weighted by Crippen LogP contribution is 2.59. The Morgan fingerprint density at radius 3 is 2.37 bits per heavy atom. The molecule has 1 N–H and O–H groups in total. The fourth-order valence-electron chi connectivity index (χ4n) is 4.06. The van der Waals surface area contributed by atoms with Gasteiger partial charge >= 0.3 is 0 Å². The first-order valence-corrected chi connectivity index (χ1v) is 7.37. The number of hydrogen-bond acceptors (Lipinski definition) is 1. The predicted octanol–water partition coefficient (Wildman–Crippen LogP) is 3.53. The summed E-state index contributed by atoms with van der Waals surface area (Å²) in [7, 11) is 0. The molecule has 0 bridgehead atoms. The van der Waals surface area contributed by atoms with E-state index < -0.39 is 11.6 Å². The van der Waals surface area contributed by atoms with Crippen LogP contribution in [-0.2, 0) is 6.42 Å². The summed E-state index contributed by atoms with van der Waals surface area (Å²) in [5.74, 6) is 1.51. The molecule has 0 saturated heterocycles. The molecular formula is C16H21F2N. The van der Waals surface area contributed by atoms with E-state index in [0.29, 0.717) is 6.04 Å². The van der Waals surface area contributed by atoms with Crippen LogP contribution in [-0.4, -0.2) is 12.6 Å². The number of halogens is 2. The minimum absolute atomic E-state index is 0.376. The number of nitrogens with one attached hydrogen (secondary N) is 1. The Bertz CT molecular complexity index is 430. The van der Waals surface area contributed by atoms with Crippen LogP contribution in [0.25, 0.3) is 0 Å². The largest absolute Gasteiger partial charge is 0.314 e. The van der Waals surface area contributed by atoms with Crippen molar-refractivity contribution in [1.29, 1.82) is 0 Å². The highest BCUT2D eigenvalue weighted by atomic mass is 19.1. The van der Waals surface area contributed by atoms with Crippen molar-refractivity contribution in [3.8, 4) is 0 Å². The fraction of sp³-hybridized carbons (Fsp3) is 0.625. The van der Waals surface area contributed by atoms with Gasteiger partial charge in [-0.25, -0.2) is 8.78 Å². The van der Waals surface area contributed by atoms with Crippen molar-refractivity contribution in [2.75, 3.05) is 6.54 Å². The maximum Gasteiger partial charge on any atom is 0.126 e. The first kappa shape index (κ1) is 13.0. The molecule has 0 heterocycles. The minimum Gasteiger partial charge on any atom is -0.314 e. The Kier molecular flexibility index (Phi) is 3.57. The first-order chi connectivity index (χ1) is 9.19. The molecule has 2 saturated carbocycles. The normalized spacial score (nSPS) is 30.2. The first-order valence-electron chi connectivity index (χ1n) is 7.37. The number of likely N-dealkylation sites (N-methyl/N-ethyl adjacent to an activating group) is 1. The summed E-state index contributed by atoms with van der Waals surface area (Å²) in [6.45, 7) is 3.01. The molecule has 2 aliphatic carbocycles. The van der Waals surface area contributed by atoms with E-state index in [1.54, 1.807) is 0 Å². The second-order valence-electron chi connectivity index (χ2n) is 5.98. The van der Waals surface area contributed by atoms with Gasteiger partial charge in [0.2, 0.25) is 0 Å². The molecule has 0 aromatic heterocycles. The van der Waals surface area contributed by atoms with Crippen LogP contribution < -0.4 is 5.32 Å². The van der Waals surface area contributed by atoms with E-state index >= 15 is 0 Å². The Labute approximate surface area is 113 Å². The summed E-state index contributed by atoms with van der Waals surface area (Å²) in [5, 5.41) is 3.52. The molecule has 3 unspecified atom stereocenters. The van der Waals surface area contributed by atoms with Crippen LogP contribution in [0.15, 0.2) is 18.2 Å². The zero-order valence-electron chi connectivity index (χ0n) is 11.3. The molecule has 1 nitrogen and oxygen atoms in total. The van der Waals surface area contributed by atoms with Gasteiger partial charge in [0.25, 0.3) is 0 Å². The van der Waals surface area contributed by atoms with Gasteiger partial charge in [0.15, 0.2) is 0 Å². The third kappa shape index (κ3) is 2.66. The fourth-order valence-corrected chi connectivity index (χ4v) is 4.06. The summed E-state index contributed by atoms with van der Waals surface area (Å²) in [6.07, 6.45) is 4.78. The lowest BCUT2D eigenvalue weighted by molar-refractivity contribution is 0.409. The SMILES string of the molecule is CCNC(Cc1cc(F)cc(F)c1)C1C2CCCC21. The topological polar surface area (TPSA) is 12.0 Å². The van der Waals surface area contributed by atoms with Gasteiger partial charge in [-0.05, 0) is 61.3 Å². The average Bonchev–Trinajstić information content (AvgIpc) is 2.80. The summed E-state index contributed by atoms with van der Waals surface area (Å²) in [6, 6.07) is 4.25. The molecule has 19 heavy (non-hydrogen) atoms. The van der Waals surface area contributed by atoms with Gasteiger partial charge < -0.3 is 5.32 Å². The standard InChI is InChI=1S/C16H21F2N/c1-2-19-15(16-13-4-3-5-14(13)16)8-10-6-11(17)9-12(18)7-10/h6-7,9,13-16,19H,2-5,8H2,1H3. The molecule has 3 rings (SSSR count). The summed E-state index contributed by atoms with van der Waals surface area (Å²) in [4.78, 5) is 0. The van der Waals surface area contributed by atoms with E-state index in [9.17, 15) is 8.78 Å². The number of fused-ring (bicyclic) bond motifs is 1. The number of benzene rings is 1. The zero-order chi connectivity index (χ0) is 13.4. The Morgan fingerprint density at radius 2 is 1.79 bits per heavy atom. The van der Waals surface area contributed by atoms with Crippen molar-refractivity contribution in [2.45, 2.75) is 38.6 Å². The van der Waals surface area contributed by atoms with Crippen molar-refractivity contribution < 1.29 is 8.78 Å². The van der Waals surface area contributed by atoms with Crippen LogP contribution in [0.3, 0.4) is 0 Å². The smallest absolute Gasteiger partial charge is 0.126 e. The summed E-state index contributed by atoms with van der Waals surface area (Å²) < 4.78 is 26.5. The molecule has 2 aliphatic rings. The molecule has 0 spiro atoms. The van der Waals surface area contributed by atoms with Crippen LogP contribution >= 0.6 is 0 Å². The zero-order valence-corrected chi connectivity index (χ0v) is 11.3. The van der Waals surface area contributed by atoms with Crippen LogP contribution in [0.2, 0.25) is 0 Å². The maximum absolute atomic E-state index is 13.3. The molecule has 3 atom stereocenters. The van der Waals surface area contributed by atoms with Gasteiger partial charge in [0.1, 0.15) is 11.6 Å². The summed E-state index contributed by atoms with van der Waals surface area (Å²) >= 11 is 0. The molecule has 1 aromatic carbocycles. The van der Waals surface area contributed by atoms with Crippen LogP contribution in [0, 0.1) is 29.4 Å².